The molecule has 0 unspecified atom stereocenters. The van der Waals surface area contributed by atoms with Gasteiger partial charge in [-0.2, -0.15) is 0 Å². The van der Waals surface area contributed by atoms with Crippen LogP contribution in [0.2, 0.25) is 0 Å². The topological polar surface area (TPSA) is 71.1 Å². The van der Waals surface area contributed by atoms with E-state index in [1.807, 2.05) is 24.3 Å². The zero-order chi connectivity index (χ0) is 20.1. The van der Waals surface area contributed by atoms with Crippen molar-refractivity contribution in [3.8, 4) is 10.6 Å². The maximum absolute atomic E-state index is 12.3. The van der Waals surface area contributed by atoms with E-state index in [0.29, 0.717) is 23.7 Å². The van der Waals surface area contributed by atoms with E-state index in [1.54, 1.807) is 35.6 Å². The van der Waals surface area contributed by atoms with Crippen LogP contribution in [-0.2, 0) is 11.3 Å². The molecule has 1 aromatic heterocycles. The van der Waals surface area contributed by atoms with Gasteiger partial charge in [-0.25, -0.2) is 4.98 Å². The second-order valence-electron chi connectivity index (χ2n) is 6.87. The van der Waals surface area contributed by atoms with Gasteiger partial charge in [0.2, 0.25) is 5.91 Å². The molecule has 0 saturated heterocycles. The normalized spacial score (nSPS) is 10.7. The number of carbonyl (C=O) groups excluding carboxylic acids is 2. The molecule has 2 aromatic carbocycles. The number of thiazole rings is 1. The first-order valence-corrected chi connectivity index (χ1v) is 10.0. The Morgan fingerprint density at radius 1 is 1.04 bits per heavy atom. The lowest BCUT2D eigenvalue weighted by atomic mass is 10.1. The van der Waals surface area contributed by atoms with Gasteiger partial charge in [-0.05, 0) is 35.7 Å². The molecule has 0 fully saturated rings. The Morgan fingerprint density at radius 3 is 2.29 bits per heavy atom. The molecule has 0 atom stereocenters. The monoisotopic (exact) mass is 393 g/mol. The third-order valence-electron chi connectivity index (χ3n) is 4.23. The van der Waals surface area contributed by atoms with Crippen molar-refractivity contribution < 1.29 is 9.59 Å². The first-order chi connectivity index (χ1) is 13.4. The molecular weight excluding hydrogens is 370 g/mol. The summed E-state index contributed by atoms with van der Waals surface area (Å²) in [5, 5.41) is 8.71. The average Bonchev–Trinajstić information content (AvgIpc) is 3.17. The van der Waals surface area contributed by atoms with Crippen molar-refractivity contribution >= 4 is 28.8 Å². The van der Waals surface area contributed by atoms with Crippen molar-refractivity contribution in [1.82, 2.24) is 10.3 Å². The highest BCUT2D eigenvalue weighted by Crippen LogP contribution is 2.27. The number of hydrogen-bond acceptors (Lipinski definition) is 4. The Hall–Kier alpha value is -2.99. The van der Waals surface area contributed by atoms with Gasteiger partial charge < -0.3 is 10.6 Å². The third-order valence-corrected chi connectivity index (χ3v) is 5.14. The van der Waals surface area contributed by atoms with Crippen molar-refractivity contribution in [2.24, 2.45) is 0 Å². The van der Waals surface area contributed by atoms with Crippen molar-refractivity contribution in [2.45, 2.75) is 33.2 Å². The Bertz CT molecular complexity index is 960. The van der Waals surface area contributed by atoms with Crippen LogP contribution in [0.15, 0.2) is 53.9 Å². The fraction of sp³-hybridized carbons (Fsp3) is 0.227. The number of carbonyl (C=O) groups is 2. The first-order valence-electron chi connectivity index (χ1n) is 9.13. The quantitative estimate of drug-likeness (QED) is 0.631. The summed E-state index contributed by atoms with van der Waals surface area (Å²) in [4.78, 5) is 28.0. The number of nitrogens with zero attached hydrogens (tertiary/aromatic N) is 1. The summed E-state index contributed by atoms with van der Waals surface area (Å²) in [6.45, 7) is 6.17. The molecule has 0 bridgehead atoms. The molecular formula is C22H23N3O2S. The highest BCUT2D eigenvalue weighted by atomic mass is 32.1. The summed E-state index contributed by atoms with van der Waals surface area (Å²) in [5.74, 6) is 0.130. The number of nitrogens with one attached hydrogen (secondary N) is 2. The van der Waals surface area contributed by atoms with Crippen LogP contribution in [0.5, 0.6) is 0 Å². The van der Waals surface area contributed by atoms with Crippen LogP contribution in [0.25, 0.3) is 10.6 Å². The van der Waals surface area contributed by atoms with E-state index in [-0.39, 0.29) is 11.8 Å². The van der Waals surface area contributed by atoms with Gasteiger partial charge in [-0.15, -0.1) is 11.3 Å². The van der Waals surface area contributed by atoms with Crippen LogP contribution in [0.3, 0.4) is 0 Å². The summed E-state index contributed by atoms with van der Waals surface area (Å²) in [6.07, 6.45) is 0. The van der Waals surface area contributed by atoms with E-state index in [9.17, 15) is 9.59 Å². The molecule has 5 nitrogen and oxygen atoms in total. The molecule has 28 heavy (non-hydrogen) atoms. The van der Waals surface area contributed by atoms with Crippen LogP contribution in [-0.4, -0.2) is 16.8 Å². The molecule has 2 amide bonds. The molecule has 1 heterocycles. The molecule has 3 rings (SSSR count). The molecule has 2 N–H and O–H groups in total. The Morgan fingerprint density at radius 2 is 1.71 bits per heavy atom. The maximum atomic E-state index is 12.3. The molecule has 0 aliphatic carbocycles. The highest BCUT2D eigenvalue weighted by Gasteiger charge is 2.09. The van der Waals surface area contributed by atoms with Gasteiger partial charge in [0.1, 0.15) is 5.01 Å². The Kier molecular flexibility index (Phi) is 6.21. The molecule has 6 heteroatoms. The molecule has 0 aliphatic rings. The van der Waals surface area contributed by atoms with Gasteiger partial charge >= 0.3 is 0 Å². The minimum atomic E-state index is -0.153. The average molecular weight is 394 g/mol. The second kappa shape index (κ2) is 8.80. The Labute approximate surface area is 168 Å². The third kappa shape index (κ3) is 5.04. The fourth-order valence-corrected chi connectivity index (χ4v) is 3.63. The van der Waals surface area contributed by atoms with Gasteiger partial charge in [-0.1, -0.05) is 38.1 Å². The van der Waals surface area contributed by atoms with Gasteiger partial charge in [0.05, 0.1) is 5.69 Å². The zero-order valence-electron chi connectivity index (χ0n) is 16.2. The molecule has 144 valence electrons. The lowest BCUT2D eigenvalue weighted by Crippen LogP contribution is -2.22. The molecule has 0 radical (unpaired) electrons. The van der Waals surface area contributed by atoms with Crippen molar-refractivity contribution in [1.29, 1.82) is 0 Å². The minimum absolute atomic E-state index is 0.140. The Balaban J connectivity index is 1.58. The summed E-state index contributed by atoms with van der Waals surface area (Å²) in [5.41, 5.74) is 4.44. The molecule has 0 spiro atoms. The lowest BCUT2D eigenvalue weighted by Gasteiger charge is -2.07. The number of aromatic nitrogens is 1. The molecule has 0 aliphatic heterocycles. The van der Waals surface area contributed by atoms with E-state index >= 15 is 0 Å². The standard InChI is InChI=1S/C22H23N3O2S/c1-14(2)20-13-28-22(25-20)18-6-4-16(5-7-18)12-23-21(27)17-8-10-19(11-9-17)24-15(3)26/h4-11,13-14H,12H2,1-3H3,(H,23,27)(H,24,26). The van der Waals surface area contributed by atoms with Gasteiger partial charge in [0, 0.05) is 35.7 Å². The maximum Gasteiger partial charge on any atom is 0.251 e. The predicted octanol–water partition coefficient (Wildman–Crippen LogP) is 4.82. The van der Waals surface area contributed by atoms with Gasteiger partial charge in [0.15, 0.2) is 0 Å². The van der Waals surface area contributed by atoms with Crippen LogP contribution in [0.4, 0.5) is 5.69 Å². The van der Waals surface area contributed by atoms with Crippen LogP contribution < -0.4 is 10.6 Å². The van der Waals surface area contributed by atoms with Crippen LogP contribution >= 0.6 is 11.3 Å². The van der Waals surface area contributed by atoms with Crippen LogP contribution in [0.1, 0.15) is 48.3 Å². The van der Waals surface area contributed by atoms with Crippen molar-refractivity contribution in [2.75, 3.05) is 5.32 Å². The summed E-state index contributed by atoms with van der Waals surface area (Å²) < 4.78 is 0. The number of hydrogen-bond donors (Lipinski definition) is 2. The smallest absolute Gasteiger partial charge is 0.251 e. The first kappa shape index (κ1) is 19.8. The van der Waals surface area contributed by atoms with Gasteiger partial charge in [-0.3, -0.25) is 9.59 Å². The minimum Gasteiger partial charge on any atom is -0.348 e. The molecule has 3 aromatic rings. The fourth-order valence-electron chi connectivity index (χ4n) is 2.64. The lowest BCUT2D eigenvalue weighted by molar-refractivity contribution is -0.114. The van der Waals surface area contributed by atoms with E-state index in [2.05, 4.69) is 34.8 Å². The largest absolute Gasteiger partial charge is 0.348 e. The summed E-state index contributed by atoms with van der Waals surface area (Å²) in [7, 11) is 0. The zero-order valence-corrected chi connectivity index (χ0v) is 17.0. The van der Waals surface area contributed by atoms with Crippen molar-refractivity contribution in [3.05, 3.63) is 70.7 Å². The number of amides is 2. The van der Waals surface area contributed by atoms with E-state index in [0.717, 1.165) is 21.8 Å². The number of anilines is 1. The second-order valence-corrected chi connectivity index (χ2v) is 7.73. The van der Waals surface area contributed by atoms with E-state index in [1.165, 1.54) is 6.92 Å². The number of benzene rings is 2. The SMILES string of the molecule is CC(=O)Nc1ccc(C(=O)NCc2ccc(-c3nc(C(C)C)cs3)cc2)cc1. The van der Waals surface area contributed by atoms with Crippen LogP contribution in [0, 0.1) is 0 Å². The highest BCUT2D eigenvalue weighted by molar-refractivity contribution is 7.13. The van der Waals surface area contributed by atoms with E-state index < -0.39 is 0 Å². The predicted molar refractivity (Wildman–Crippen MR) is 114 cm³/mol. The van der Waals surface area contributed by atoms with Gasteiger partial charge in [0.25, 0.3) is 5.91 Å². The van der Waals surface area contributed by atoms with E-state index in [4.69, 9.17) is 0 Å². The van der Waals surface area contributed by atoms with Crippen molar-refractivity contribution in [3.63, 3.8) is 0 Å². The molecule has 0 saturated carbocycles. The number of rotatable bonds is 6. The summed E-state index contributed by atoms with van der Waals surface area (Å²) in [6, 6.07) is 14.9. The summed E-state index contributed by atoms with van der Waals surface area (Å²) >= 11 is 1.65.